The molecule has 0 bridgehead atoms. The van der Waals surface area contributed by atoms with Crippen molar-refractivity contribution in [3.8, 4) is 16.9 Å². The summed E-state index contributed by atoms with van der Waals surface area (Å²) in [6, 6.07) is 17.4. The standard InChI is InChI=1S/C19H22O/c1-14-3-4-18(13-14)17-7-5-15(6-8-17)16-9-11-19(20-2)12-10-16/h5-12,14,18H,3-4,13H2,1-2H3. The third kappa shape index (κ3) is 2.72. The van der Waals surface area contributed by atoms with Gasteiger partial charge in [0.2, 0.25) is 0 Å². The topological polar surface area (TPSA) is 9.23 Å². The molecule has 0 heterocycles. The van der Waals surface area contributed by atoms with E-state index >= 15 is 0 Å². The Morgan fingerprint density at radius 1 is 0.850 bits per heavy atom. The Hall–Kier alpha value is -1.76. The monoisotopic (exact) mass is 266 g/mol. The number of hydrogen-bond acceptors (Lipinski definition) is 1. The lowest BCUT2D eigenvalue weighted by Gasteiger charge is -2.11. The minimum absolute atomic E-state index is 0.773. The Kier molecular flexibility index (Phi) is 3.77. The molecule has 20 heavy (non-hydrogen) atoms. The van der Waals surface area contributed by atoms with Crippen LogP contribution in [0.25, 0.3) is 11.1 Å². The van der Waals surface area contributed by atoms with E-state index in [9.17, 15) is 0 Å². The second-order valence-corrected chi connectivity index (χ2v) is 5.97. The van der Waals surface area contributed by atoms with Gasteiger partial charge in [0.15, 0.2) is 0 Å². The van der Waals surface area contributed by atoms with Gasteiger partial charge in [0.1, 0.15) is 5.75 Å². The van der Waals surface area contributed by atoms with E-state index in [2.05, 4.69) is 43.3 Å². The molecule has 0 saturated heterocycles. The van der Waals surface area contributed by atoms with Crippen LogP contribution in [0.1, 0.15) is 37.7 Å². The maximum atomic E-state index is 5.20. The zero-order valence-electron chi connectivity index (χ0n) is 12.3. The minimum atomic E-state index is 0.773. The molecule has 1 nitrogen and oxygen atoms in total. The first-order chi connectivity index (χ1) is 9.76. The SMILES string of the molecule is COc1ccc(-c2ccc(C3CCC(C)C3)cc2)cc1. The maximum Gasteiger partial charge on any atom is 0.118 e. The number of methoxy groups -OCH3 is 1. The molecular formula is C19H22O. The average molecular weight is 266 g/mol. The first-order valence-electron chi connectivity index (χ1n) is 7.50. The molecule has 2 unspecified atom stereocenters. The van der Waals surface area contributed by atoms with E-state index in [1.165, 1.54) is 36.0 Å². The summed E-state index contributed by atoms with van der Waals surface area (Å²) < 4.78 is 5.20. The third-order valence-corrected chi connectivity index (χ3v) is 4.50. The number of hydrogen-bond donors (Lipinski definition) is 0. The highest BCUT2D eigenvalue weighted by molar-refractivity contribution is 5.64. The fraction of sp³-hybridized carbons (Fsp3) is 0.368. The van der Waals surface area contributed by atoms with Crippen LogP contribution in [0.2, 0.25) is 0 Å². The summed E-state index contributed by atoms with van der Waals surface area (Å²) in [7, 11) is 1.70. The van der Waals surface area contributed by atoms with Crippen LogP contribution in [0.15, 0.2) is 48.5 Å². The van der Waals surface area contributed by atoms with Crippen LogP contribution in [-0.4, -0.2) is 7.11 Å². The molecule has 1 heteroatoms. The number of benzene rings is 2. The van der Waals surface area contributed by atoms with Gasteiger partial charge in [-0.25, -0.2) is 0 Å². The van der Waals surface area contributed by atoms with Crippen molar-refractivity contribution in [2.24, 2.45) is 5.92 Å². The second kappa shape index (κ2) is 5.70. The first-order valence-corrected chi connectivity index (χ1v) is 7.50. The largest absolute Gasteiger partial charge is 0.497 e. The summed E-state index contributed by atoms with van der Waals surface area (Å²) in [5, 5.41) is 0. The van der Waals surface area contributed by atoms with Crippen LogP contribution in [0.5, 0.6) is 5.75 Å². The van der Waals surface area contributed by atoms with E-state index in [1.807, 2.05) is 12.1 Å². The molecule has 1 aliphatic carbocycles. The predicted octanol–water partition coefficient (Wildman–Crippen LogP) is 5.27. The van der Waals surface area contributed by atoms with E-state index in [0.29, 0.717) is 0 Å². The quantitative estimate of drug-likeness (QED) is 0.735. The molecule has 3 rings (SSSR count). The summed E-state index contributed by atoms with van der Waals surface area (Å²) in [5.41, 5.74) is 4.03. The molecule has 104 valence electrons. The van der Waals surface area contributed by atoms with Crippen molar-refractivity contribution >= 4 is 0 Å². The zero-order valence-corrected chi connectivity index (χ0v) is 12.3. The van der Waals surface area contributed by atoms with Gasteiger partial charge < -0.3 is 4.74 Å². The highest BCUT2D eigenvalue weighted by Gasteiger charge is 2.22. The van der Waals surface area contributed by atoms with Gasteiger partial charge in [-0.2, -0.15) is 0 Å². The molecule has 0 amide bonds. The Balaban J connectivity index is 1.78. The fourth-order valence-corrected chi connectivity index (χ4v) is 3.24. The summed E-state index contributed by atoms with van der Waals surface area (Å²) in [4.78, 5) is 0. The molecule has 0 spiro atoms. The van der Waals surface area contributed by atoms with E-state index in [4.69, 9.17) is 4.74 Å². The van der Waals surface area contributed by atoms with E-state index < -0.39 is 0 Å². The summed E-state index contributed by atoms with van der Waals surface area (Å²) >= 11 is 0. The average Bonchev–Trinajstić information content (AvgIpc) is 2.94. The van der Waals surface area contributed by atoms with Crippen molar-refractivity contribution in [3.05, 3.63) is 54.1 Å². The van der Waals surface area contributed by atoms with Crippen molar-refractivity contribution in [3.63, 3.8) is 0 Å². The van der Waals surface area contributed by atoms with Crippen LogP contribution < -0.4 is 4.74 Å². The molecule has 0 aromatic heterocycles. The van der Waals surface area contributed by atoms with Gasteiger partial charge >= 0.3 is 0 Å². The molecule has 1 aliphatic rings. The second-order valence-electron chi connectivity index (χ2n) is 5.97. The van der Waals surface area contributed by atoms with Crippen LogP contribution >= 0.6 is 0 Å². The Morgan fingerprint density at radius 3 is 1.95 bits per heavy atom. The summed E-state index contributed by atoms with van der Waals surface area (Å²) in [6.45, 7) is 2.37. The molecule has 1 fully saturated rings. The Bertz CT molecular complexity index is 553. The van der Waals surface area contributed by atoms with Gasteiger partial charge in [-0.3, -0.25) is 0 Å². The molecule has 2 aromatic carbocycles. The highest BCUT2D eigenvalue weighted by atomic mass is 16.5. The molecule has 0 aliphatic heterocycles. The number of rotatable bonds is 3. The Morgan fingerprint density at radius 2 is 1.45 bits per heavy atom. The smallest absolute Gasteiger partial charge is 0.118 e. The lowest BCUT2D eigenvalue weighted by atomic mass is 9.94. The maximum absolute atomic E-state index is 5.20. The van der Waals surface area contributed by atoms with Crippen LogP contribution in [0.4, 0.5) is 0 Å². The summed E-state index contributed by atoms with van der Waals surface area (Å²) in [6.07, 6.45) is 4.08. The lowest BCUT2D eigenvalue weighted by Crippen LogP contribution is -1.93. The van der Waals surface area contributed by atoms with Crippen LogP contribution in [0, 0.1) is 5.92 Å². The highest BCUT2D eigenvalue weighted by Crippen LogP contribution is 2.38. The first kappa shape index (κ1) is 13.2. The lowest BCUT2D eigenvalue weighted by molar-refractivity contribution is 0.415. The van der Waals surface area contributed by atoms with Crippen molar-refractivity contribution in [1.82, 2.24) is 0 Å². The van der Waals surface area contributed by atoms with Gasteiger partial charge in [0, 0.05) is 0 Å². The van der Waals surface area contributed by atoms with Crippen molar-refractivity contribution in [2.45, 2.75) is 32.1 Å². The Labute approximate surface area is 121 Å². The third-order valence-electron chi connectivity index (χ3n) is 4.50. The predicted molar refractivity (Wildman–Crippen MR) is 84.2 cm³/mol. The van der Waals surface area contributed by atoms with Gasteiger partial charge in [0.25, 0.3) is 0 Å². The minimum Gasteiger partial charge on any atom is -0.497 e. The van der Waals surface area contributed by atoms with Gasteiger partial charge in [0.05, 0.1) is 7.11 Å². The molecule has 2 atom stereocenters. The fourth-order valence-electron chi connectivity index (χ4n) is 3.24. The van der Waals surface area contributed by atoms with Crippen molar-refractivity contribution in [1.29, 1.82) is 0 Å². The molecular weight excluding hydrogens is 244 g/mol. The molecule has 0 radical (unpaired) electrons. The van der Waals surface area contributed by atoms with Crippen molar-refractivity contribution < 1.29 is 4.74 Å². The van der Waals surface area contributed by atoms with E-state index in [1.54, 1.807) is 7.11 Å². The van der Waals surface area contributed by atoms with E-state index in [0.717, 1.165) is 17.6 Å². The summed E-state index contributed by atoms with van der Waals surface area (Å²) in [5.74, 6) is 2.57. The van der Waals surface area contributed by atoms with Gasteiger partial charge in [-0.15, -0.1) is 0 Å². The van der Waals surface area contributed by atoms with Crippen molar-refractivity contribution in [2.75, 3.05) is 7.11 Å². The van der Waals surface area contributed by atoms with Crippen LogP contribution in [-0.2, 0) is 0 Å². The molecule has 2 aromatic rings. The zero-order chi connectivity index (χ0) is 13.9. The van der Waals surface area contributed by atoms with Gasteiger partial charge in [-0.1, -0.05) is 49.7 Å². The van der Waals surface area contributed by atoms with Crippen LogP contribution in [0.3, 0.4) is 0 Å². The van der Waals surface area contributed by atoms with Gasteiger partial charge in [-0.05, 0) is 53.5 Å². The normalized spacial score (nSPS) is 21.9. The number of ether oxygens (including phenoxy) is 1. The molecule has 0 N–H and O–H groups in total. The van der Waals surface area contributed by atoms with E-state index in [-0.39, 0.29) is 0 Å². The molecule has 1 saturated carbocycles.